The number of likely N-dealkylation sites (N-methyl/N-ethyl adjacent to an activating group) is 1. The van der Waals surface area contributed by atoms with Crippen LogP contribution in [0, 0.1) is 17.1 Å². The highest BCUT2D eigenvalue weighted by Crippen LogP contribution is 2.40. The second-order valence-corrected chi connectivity index (χ2v) is 12.1. The Balaban J connectivity index is 1.46. The van der Waals surface area contributed by atoms with E-state index in [4.69, 9.17) is 0 Å². The Morgan fingerprint density at radius 1 is 1.19 bits per heavy atom. The quantitative estimate of drug-likeness (QED) is 0.516. The van der Waals surface area contributed by atoms with Gasteiger partial charge in [0.15, 0.2) is 23.3 Å². The van der Waals surface area contributed by atoms with Crippen molar-refractivity contribution in [2.75, 3.05) is 36.7 Å². The smallest absolute Gasteiger partial charge is 0.229 e. The molecule has 0 saturated carbocycles. The van der Waals surface area contributed by atoms with Crippen LogP contribution >= 0.6 is 0 Å². The van der Waals surface area contributed by atoms with Gasteiger partial charge in [0.05, 0.1) is 6.20 Å². The largest absolute Gasteiger partial charge is 0.324 e. The van der Waals surface area contributed by atoms with Crippen LogP contribution in [0.2, 0.25) is 0 Å². The summed E-state index contributed by atoms with van der Waals surface area (Å²) in [6, 6.07) is 8.83. The average Bonchev–Trinajstić information content (AvgIpc) is 2.80. The summed E-state index contributed by atoms with van der Waals surface area (Å²) in [7, 11) is -0.331. The van der Waals surface area contributed by atoms with Crippen LogP contribution < -0.4 is 10.6 Å². The topological polar surface area (TPSA) is 119 Å². The Morgan fingerprint density at radius 2 is 2.00 bits per heavy atom. The number of aryl methyl sites for hydroxylation is 1. The molecular formula is C25H27FN8OS. The molecule has 36 heavy (non-hydrogen) atoms. The minimum Gasteiger partial charge on any atom is -0.324 e. The number of pyridine rings is 1. The van der Waals surface area contributed by atoms with E-state index in [2.05, 4.69) is 54.0 Å². The van der Waals surface area contributed by atoms with Crippen molar-refractivity contribution in [3.63, 3.8) is 0 Å². The second kappa shape index (κ2) is 9.44. The Bertz CT molecular complexity index is 1500. The number of nitrogens with one attached hydrogen (secondary N) is 2. The van der Waals surface area contributed by atoms with Crippen LogP contribution in [0.4, 0.5) is 33.5 Å². The van der Waals surface area contributed by atoms with Crippen LogP contribution in [-0.2, 0) is 22.7 Å². The van der Waals surface area contributed by atoms with Crippen LogP contribution in [0.5, 0.6) is 0 Å². The van der Waals surface area contributed by atoms with Gasteiger partial charge < -0.3 is 15.5 Å². The minimum absolute atomic E-state index is 0.103. The first-order valence-corrected chi connectivity index (χ1v) is 14.0. The number of aromatic nitrogens is 3. The lowest BCUT2D eigenvalue weighted by Gasteiger charge is -2.37. The third-order valence-electron chi connectivity index (χ3n) is 6.28. The van der Waals surface area contributed by atoms with E-state index in [1.54, 1.807) is 0 Å². The number of rotatable bonds is 5. The summed E-state index contributed by atoms with van der Waals surface area (Å²) in [5, 5.41) is 15.6. The van der Waals surface area contributed by atoms with Crippen LogP contribution in [0.3, 0.4) is 0 Å². The second-order valence-electron chi connectivity index (χ2n) is 9.58. The molecule has 0 radical (unpaired) electrons. The predicted molar refractivity (Wildman–Crippen MR) is 138 cm³/mol. The molecule has 1 aromatic carbocycles. The highest BCUT2D eigenvalue weighted by atomic mass is 32.2. The maximum atomic E-state index is 14.5. The molecule has 0 amide bonds. The highest BCUT2D eigenvalue weighted by molar-refractivity contribution is 7.92. The summed E-state index contributed by atoms with van der Waals surface area (Å²) >= 11 is 0. The molecule has 2 aliphatic rings. The first-order valence-electron chi connectivity index (χ1n) is 11.7. The number of hydrogen-bond acceptors (Lipinski definition) is 9. The van der Waals surface area contributed by atoms with E-state index in [0.29, 0.717) is 5.92 Å². The summed E-state index contributed by atoms with van der Waals surface area (Å²) in [5.74, 6) is 0.242. The molecule has 186 valence electrons. The van der Waals surface area contributed by atoms with Gasteiger partial charge in [-0.25, -0.2) is 18.6 Å². The van der Waals surface area contributed by atoms with Gasteiger partial charge in [0, 0.05) is 41.0 Å². The van der Waals surface area contributed by atoms with Crippen LogP contribution in [0.1, 0.15) is 41.0 Å². The van der Waals surface area contributed by atoms with Crippen molar-refractivity contribution in [1.82, 2.24) is 19.9 Å². The van der Waals surface area contributed by atoms with E-state index >= 15 is 0 Å². The number of anilines is 4. The van der Waals surface area contributed by atoms with Crippen molar-refractivity contribution >= 4 is 38.8 Å². The Labute approximate surface area is 210 Å². The average molecular weight is 507 g/mol. The van der Waals surface area contributed by atoms with Gasteiger partial charge in [-0.1, -0.05) is 0 Å². The zero-order valence-electron chi connectivity index (χ0n) is 20.4. The highest BCUT2D eigenvalue weighted by Gasteiger charge is 2.29. The first-order chi connectivity index (χ1) is 17.2. The lowest BCUT2D eigenvalue weighted by molar-refractivity contribution is 0.266. The van der Waals surface area contributed by atoms with Gasteiger partial charge >= 0.3 is 0 Å². The molecule has 1 unspecified atom stereocenters. The molecule has 0 spiro atoms. The van der Waals surface area contributed by atoms with Gasteiger partial charge in [-0.05, 0) is 73.2 Å². The Morgan fingerprint density at radius 3 is 2.78 bits per heavy atom. The van der Waals surface area contributed by atoms with E-state index < -0.39 is 15.5 Å². The first kappa shape index (κ1) is 24.1. The van der Waals surface area contributed by atoms with Gasteiger partial charge in [-0.15, -0.1) is 0 Å². The lowest BCUT2D eigenvalue weighted by Crippen LogP contribution is -2.33. The van der Waals surface area contributed by atoms with E-state index in [0.717, 1.165) is 25.2 Å². The van der Waals surface area contributed by atoms with Gasteiger partial charge in [-0.2, -0.15) is 14.6 Å². The van der Waals surface area contributed by atoms with Crippen molar-refractivity contribution in [3.8, 4) is 6.07 Å². The molecule has 2 N–H and O–H groups in total. The number of hydrogen-bond donors (Lipinski definition) is 2. The van der Waals surface area contributed by atoms with Crippen molar-refractivity contribution < 1.29 is 8.60 Å². The molecule has 0 saturated heterocycles. The van der Waals surface area contributed by atoms with Crippen molar-refractivity contribution in [1.29, 1.82) is 5.26 Å². The minimum atomic E-state index is -2.48. The predicted octanol–water partition coefficient (Wildman–Crippen LogP) is 4.59. The van der Waals surface area contributed by atoms with Gasteiger partial charge in [-0.3, -0.25) is 0 Å². The fourth-order valence-corrected chi connectivity index (χ4v) is 5.52. The van der Waals surface area contributed by atoms with Gasteiger partial charge in [0.2, 0.25) is 5.95 Å². The molecule has 3 aromatic rings. The number of benzene rings is 1. The van der Waals surface area contributed by atoms with Crippen LogP contribution in [-0.4, -0.2) is 50.2 Å². The molecule has 3 heterocycles. The normalized spacial score (nSPS) is 17.1. The Kier molecular flexibility index (Phi) is 6.32. The summed E-state index contributed by atoms with van der Waals surface area (Å²) in [5.41, 5.74) is 5.17. The number of halogens is 1. The van der Waals surface area contributed by atoms with E-state index in [-0.39, 0.29) is 29.0 Å². The maximum Gasteiger partial charge on any atom is 0.229 e. The molecule has 0 fully saturated rings. The molecule has 2 aromatic heterocycles. The van der Waals surface area contributed by atoms with E-state index in [1.807, 2.05) is 6.07 Å². The lowest BCUT2D eigenvalue weighted by atomic mass is 9.77. The van der Waals surface area contributed by atoms with Crippen molar-refractivity contribution in [3.05, 3.63) is 58.5 Å². The SMILES string of the molecule is CN1Cc2cc(Nc3ncc(C#N)c(Nc4nc(N=S(C)(C)=O)ccc4F)n3)cc3c2C(CCC3)C1. The van der Waals surface area contributed by atoms with E-state index in [9.17, 15) is 13.9 Å². The molecule has 0 bridgehead atoms. The van der Waals surface area contributed by atoms with Crippen LogP contribution in [0.15, 0.2) is 34.8 Å². The summed E-state index contributed by atoms with van der Waals surface area (Å²) in [4.78, 5) is 15.2. The molecule has 5 rings (SSSR count). The summed E-state index contributed by atoms with van der Waals surface area (Å²) in [6.45, 7) is 1.98. The van der Waals surface area contributed by atoms with Crippen LogP contribution in [0.25, 0.3) is 0 Å². The summed E-state index contributed by atoms with van der Waals surface area (Å²) < 4.78 is 30.5. The van der Waals surface area contributed by atoms with Crippen molar-refractivity contribution in [2.45, 2.75) is 31.7 Å². The fourth-order valence-electron chi connectivity index (χ4n) is 4.97. The molecule has 9 nitrogen and oxygen atoms in total. The molecule has 11 heteroatoms. The van der Waals surface area contributed by atoms with Gasteiger partial charge in [0.1, 0.15) is 11.6 Å². The number of nitriles is 1. The molecular weight excluding hydrogens is 479 g/mol. The Hall–Kier alpha value is -3.62. The standard InChI is InChI=1S/C25H27FN8OS/c1-34-13-16-6-4-5-15-9-19(10-17(14-34)22(15)16)29-25-28-12-18(11-27)23(32-25)31-24-20(26)7-8-21(30-24)33-36(2,3)35/h7-10,12,16H,4-6,13-14H2,1-3H3,(H2,28,29,30,31,32). The fraction of sp³-hybridized carbons (Fsp3) is 0.360. The zero-order chi connectivity index (χ0) is 25.4. The number of nitrogens with zero attached hydrogens (tertiary/aromatic N) is 6. The van der Waals surface area contributed by atoms with Crippen molar-refractivity contribution in [2.24, 2.45) is 4.36 Å². The molecule has 1 aliphatic heterocycles. The molecule has 1 atom stereocenters. The van der Waals surface area contributed by atoms with E-state index in [1.165, 1.54) is 60.4 Å². The zero-order valence-corrected chi connectivity index (χ0v) is 21.2. The maximum absolute atomic E-state index is 14.5. The third-order valence-corrected chi connectivity index (χ3v) is 6.90. The summed E-state index contributed by atoms with van der Waals surface area (Å²) in [6.07, 6.45) is 7.75. The van der Waals surface area contributed by atoms with Gasteiger partial charge in [0.25, 0.3) is 0 Å². The third kappa shape index (κ3) is 5.15. The molecule has 1 aliphatic carbocycles. The monoisotopic (exact) mass is 506 g/mol.